The van der Waals surface area contributed by atoms with E-state index in [1.54, 1.807) is 0 Å². The van der Waals surface area contributed by atoms with E-state index in [-0.39, 0.29) is 6.61 Å². The summed E-state index contributed by atoms with van der Waals surface area (Å²) in [7, 11) is 0. The van der Waals surface area contributed by atoms with Crippen LogP contribution in [0.15, 0.2) is 36.5 Å². The van der Waals surface area contributed by atoms with Crippen molar-refractivity contribution >= 4 is 11.3 Å². The highest BCUT2D eigenvalue weighted by molar-refractivity contribution is 5.71. The van der Waals surface area contributed by atoms with Gasteiger partial charge in [0.25, 0.3) is 0 Å². The second kappa shape index (κ2) is 5.64. The van der Waals surface area contributed by atoms with Crippen LogP contribution in [0.4, 0.5) is 5.69 Å². The first-order valence-corrected chi connectivity index (χ1v) is 8.53. The van der Waals surface area contributed by atoms with Crippen molar-refractivity contribution in [2.75, 3.05) is 11.4 Å². The maximum Gasteiger partial charge on any atom is 0.161 e. The Labute approximate surface area is 142 Å². The van der Waals surface area contributed by atoms with Gasteiger partial charge in [0.1, 0.15) is 0 Å². The second-order valence-electron chi connectivity index (χ2n) is 6.71. The standard InChI is InChI=1S/C20H23N3O/c1-13-6-7-17-15(3)22(10-8-16(17)11-13)18-5-4-9-23-19(12-24)14(2)21-20(18)23/h4-7,9,11,15,24H,8,10,12H2,1-3H3. The molecule has 0 fully saturated rings. The first-order valence-electron chi connectivity index (χ1n) is 8.53. The molecule has 0 spiro atoms. The lowest BCUT2D eigenvalue weighted by molar-refractivity contribution is 0.275. The van der Waals surface area contributed by atoms with Gasteiger partial charge in [-0.15, -0.1) is 0 Å². The molecule has 0 aliphatic carbocycles. The van der Waals surface area contributed by atoms with Gasteiger partial charge in [0.05, 0.1) is 29.7 Å². The maximum atomic E-state index is 9.64. The van der Waals surface area contributed by atoms with Crippen molar-refractivity contribution in [1.82, 2.24) is 9.38 Å². The molecule has 3 heterocycles. The van der Waals surface area contributed by atoms with Crippen LogP contribution in [0.5, 0.6) is 0 Å². The van der Waals surface area contributed by atoms with Gasteiger partial charge in [-0.2, -0.15) is 0 Å². The summed E-state index contributed by atoms with van der Waals surface area (Å²) in [5.74, 6) is 0. The minimum Gasteiger partial charge on any atom is -0.390 e. The number of hydrogen-bond acceptors (Lipinski definition) is 3. The third-order valence-corrected chi connectivity index (χ3v) is 5.23. The van der Waals surface area contributed by atoms with Crippen LogP contribution in [-0.4, -0.2) is 21.0 Å². The van der Waals surface area contributed by atoms with Crippen molar-refractivity contribution in [3.63, 3.8) is 0 Å². The van der Waals surface area contributed by atoms with Gasteiger partial charge >= 0.3 is 0 Å². The first kappa shape index (κ1) is 15.2. The molecule has 1 aliphatic rings. The number of anilines is 1. The monoisotopic (exact) mass is 321 g/mol. The molecule has 124 valence electrons. The molecule has 0 amide bonds. The molecule has 1 N–H and O–H groups in total. The number of aromatic nitrogens is 2. The highest BCUT2D eigenvalue weighted by Crippen LogP contribution is 2.36. The summed E-state index contributed by atoms with van der Waals surface area (Å²) in [5.41, 5.74) is 8.02. The fourth-order valence-corrected chi connectivity index (χ4v) is 3.92. The molecule has 0 saturated carbocycles. The summed E-state index contributed by atoms with van der Waals surface area (Å²) < 4.78 is 2.02. The Morgan fingerprint density at radius 1 is 1.25 bits per heavy atom. The van der Waals surface area contributed by atoms with Gasteiger partial charge in [0.15, 0.2) is 5.65 Å². The fraction of sp³-hybridized carbons (Fsp3) is 0.350. The van der Waals surface area contributed by atoms with Gasteiger partial charge in [-0.25, -0.2) is 4.98 Å². The van der Waals surface area contributed by atoms with Crippen LogP contribution in [0, 0.1) is 13.8 Å². The highest BCUT2D eigenvalue weighted by atomic mass is 16.3. The zero-order valence-electron chi connectivity index (χ0n) is 14.5. The normalized spacial score (nSPS) is 17.3. The third kappa shape index (κ3) is 2.21. The molecule has 0 bridgehead atoms. The number of rotatable bonds is 2. The molecule has 4 heteroatoms. The van der Waals surface area contributed by atoms with Crippen LogP contribution in [0.1, 0.15) is 41.0 Å². The van der Waals surface area contributed by atoms with Crippen LogP contribution < -0.4 is 4.90 Å². The topological polar surface area (TPSA) is 40.8 Å². The summed E-state index contributed by atoms with van der Waals surface area (Å²) >= 11 is 0. The molecule has 2 aromatic heterocycles. The van der Waals surface area contributed by atoms with Crippen molar-refractivity contribution in [2.45, 2.75) is 39.8 Å². The van der Waals surface area contributed by atoms with Crippen LogP contribution in [-0.2, 0) is 13.0 Å². The minimum atomic E-state index is 0.00805. The van der Waals surface area contributed by atoms with E-state index in [0.717, 1.165) is 35.7 Å². The average molecular weight is 321 g/mol. The molecule has 0 radical (unpaired) electrons. The van der Waals surface area contributed by atoms with Crippen molar-refractivity contribution in [3.8, 4) is 0 Å². The van der Waals surface area contributed by atoms with E-state index < -0.39 is 0 Å². The summed E-state index contributed by atoms with van der Waals surface area (Å²) in [5, 5.41) is 9.64. The summed E-state index contributed by atoms with van der Waals surface area (Å²) in [6.07, 6.45) is 3.03. The quantitative estimate of drug-likeness (QED) is 0.784. The molecular formula is C20H23N3O. The zero-order valence-corrected chi connectivity index (χ0v) is 14.5. The van der Waals surface area contributed by atoms with Crippen LogP contribution in [0.25, 0.3) is 5.65 Å². The summed E-state index contributed by atoms with van der Waals surface area (Å²) in [6, 6.07) is 11.3. The van der Waals surface area contributed by atoms with E-state index >= 15 is 0 Å². The molecule has 0 saturated heterocycles. The van der Waals surface area contributed by atoms with Gasteiger partial charge in [-0.3, -0.25) is 4.40 Å². The Morgan fingerprint density at radius 2 is 2.08 bits per heavy atom. The number of imidazole rings is 1. The molecular weight excluding hydrogens is 298 g/mol. The Kier molecular flexibility index (Phi) is 3.57. The van der Waals surface area contributed by atoms with E-state index in [0.29, 0.717) is 6.04 Å². The molecule has 1 aromatic carbocycles. The SMILES string of the molecule is Cc1ccc2c(c1)CCN(c1cccn3c(CO)c(C)nc13)C2C. The number of nitrogens with zero attached hydrogens (tertiary/aromatic N) is 3. The second-order valence-corrected chi connectivity index (χ2v) is 6.71. The van der Waals surface area contributed by atoms with E-state index in [1.807, 2.05) is 23.6 Å². The predicted molar refractivity (Wildman–Crippen MR) is 96.5 cm³/mol. The summed E-state index contributed by atoms with van der Waals surface area (Å²) in [6.45, 7) is 7.37. The van der Waals surface area contributed by atoms with E-state index in [4.69, 9.17) is 4.98 Å². The summed E-state index contributed by atoms with van der Waals surface area (Å²) in [4.78, 5) is 7.16. The Morgan fingerprint density at radius 3 is 2.88 bits per heavy atom. The lowest BCUT2D eigenvalue weighted by atomic mass is 9.92. The third-order valence-electron chi connectivity index (χ3n) is 5.23. The Hall–Kier alpha value is -2.33. The Balaban J connectivity index is 1.82. The van der Waals surface area contributed by atoms with Gasteiger partial charge in [-0.05, 0) is 50.5 Å². The smallest absolute Gasteiger partial charge is 0.161 e. The predicted octanol–water partition coefficient (Wildman–Crippen LogP) is 3.57. The fourth-order valence-electron chi connectivity index (χ4n) is 3.92. The maximum absolute atomic E-state index is 9.64. The average Bonchev–Trinajstić information content (AvgIpc) is 2.90. The van der Waals surface area contributed by atoms with Crippen LogP contribution in [0.2, 0.25) is 0 Å². The van der Waals surface area contributed by atoms with Crippen LogP contribution >= 0.6 is 0 Å². The number of fused-ring (bicyclic) bond motifs is 2. The zero-order chi connectivity index (χ0) is 16.8. The molecule has 4 rings (SSSR count). The van der Waals surface area contributed by atoms with Crippen molar-refractivity contribution in [3.05, 3.63) is 64.6 Å². The Bertz CT molecular complexity index is 913. The van der Waals surface area contributed by atoms with Gasteiger partial charge in [-0.1, -0.05) is 23.8 Å². The van der Waals surface area contributed by atoms with Crippen molar-refractivity contribution in [2.24, 2.45) is 0 Å². The van der Waals surface area contributed by atoms with E-state index in [1.165, 1.54) is 16.7 Å². The number of aliphatic hydroxyl groups excluding tert-OH is 1. The number of benzene rings is 1. The molecule has 1 atom stereocenters. The van der Waals surface area contributed by atoms with Gasteiger partial charge < -0.3 is 10.0 Å². The van der Waals surface area contributed by atoms with E-state index in [9.17, 15) is 5.11 Å². The van der Waals surface area contributed by atoms with E-state index in [2.05, 4.69) is 43.0 Å². The van der Waals surface area contributed by atoms with Crippen LogP contribution in [0.3, 0.4) is 0 Å². The number of hydrogen-bond donors (Lipinski definition) is 1. The molecule has 1 unspecified atom stereocenters. The molecule has 4 nitrogen and oxygen atoms in total. The number of aliphatic hydroxyl groups is 1. The first-order chi connectivity index (χ1) is 11.6. The molecule has 3 aromatic rings. The number of pyridine rings is 1. The minimum absolute atomic E-state index is 0.00805. The van der Waals surface area contributed by atoms with Crippen molar-refractivity contribution < 1.29 is 5.11 Å². The molecule has 1 aliphatic heterocycles. The molecule has 24 heavy (non-hydrogen) atoms. The lowest BCUT2D eigenvalue weighted by Gasteiger charge is -2.37. The van der Waals surface area contributed by atoms with Crippen molar-refractivity contribution in [1.29, 1.82) is 0 Å². The lowest BCUT2D eigenvalue weighted by Crippen LogP contribution is -2.34. The van der Waals surface area contributed by atoms with Gasteiger partial charge in [0.2, 0.25) is 0 Å². The highest BCUT2D eigenvalue weighted by Gasteiger charge is 2.26. The van der Waals surface area contributed by atoms with Gasteiger partial charge in [0, 0.05) is 12.7 Å². The number of aryl methyl sites for hydroxylation is 2. The largest absolute Gasteiger partial charge is 0.390 e.